The lowest BCUT2D eigenvalue weighted by Gasteiger charge is -2.26. The van der Waals surface area contributed by atoms with Crippen molar-refractivity contribution in [2.75, 3.05) is 26.9 Å². The predicted molar refractivity (Wildman–Crippen MR) is 72.6 cm³/mol. The Kier molecular flexibility index (Phi) is 3.37. The Morgan fingerprint density at radius 1 is 1.26 bits per heavy atom. The summed E-state index contributed by atoms with van der Waals surface area (Å²) in [5.74, 6) is 1.65. The summed E-state index contributed by atoms with van der Waals surface area (Å²) in [6.07, 6.45) is 3.06. The van der Waals surface area contributed by atoms with E-state index in [-0.39, 0.29) is 18.1 Å². The van der Waals surface area contributed by atoms with Crippen molar-refractivity contribution >= 4 is 0 Å². The zero-order valence-electron chi connectivity index (χ0n) is 11.3. The summed E-state index contributed by atoms with van der Waals surface area (Å²) < 4.78 is 11.4. The fourth-order valence-corrected chi connectivity index (χ4v) is 2.88. The summed E-state index contributed by atoms with van der Waals surface area (Å²) >= 11 is 0. The van der Waals surface area contributed by atoms with E-state index in [4.69, 9.17) is 9.47 Å². The first kappa shape index (κ1) is 12.8. The second kappa shape index (κ2) is 5.02. The molecule has 4 nitrogen and oxygen atoms in total. The van der Waals surface area contributed by atoms with E-state index in [0.29, 0.717) is 13.2 Å². The van der Waals surface area contributed by atoms with E-state index in [1.54, 1.807) is 0 Å². The van der Waals surface area contributed by atoms with Gasteiger partial charge in [-0.2, -0.15) is 0 Å². The minimum atomic E-state index is 0.00851. The van der Waals surface area contributed by atoms with Gasteiger partial charge in [0.1, 0.15) is 0 Å². The molecule has 104 valence electrons. The number of nitrogens with one attached hydrogen (secondary N) is 1. The molecule has 2 aliphatic rings. The van der Waals surface area contributed by atoms with Crippen molar-refractivity contribution in [2.45, 2.75) is 25.3 Å². The lowest BCUT2D eigenvalue weighted by atomic mass is 9.90. The van der Waals surface area contributed by atoms with Crippen LogP contribution in [-0.2, 0) is 0 Å². The molecule has 1 fully saturated rings. The molecule has 0 bridgehead atoms. The second-order valence-corrected chi connectivity index (χ2v) is 5.50. The van der Waals surface area contributed by atoms with Gasteiger partial charge in [-0.3, -0.25) is 0 Å². The molecule has 1 aliphatic carbocycles. The summed E-state index contributed by atoms with van der Waals surface area (Å²) in [7, 11) is 1.95. The van der Waals surface area contributed by atoms with Crippen molar-refractivity contribution in [3.8, 4) is 11.5 Å². The highest BCUT2D eigenvalue weighted by molar-refractivity contribution is 5.45. The largest absolute Gasteiger partial charge is 0.490 e. The lowest BCUT2D eigenvalue weighted by molar-refractivity contribution is 0.175. The molecule has 3 rings (SSSR count). The highest BCUT2D eigenvalue weighted by atomic mass is 16.5. The molecule has 1 aromatic rings. The molecule has 1 atom stereocenters. The molecule has 1 saturated carbocycles. The van der Waals surface area contributed by atoms with Crippen LogP contribution in [0.5, 0.6) is 11.5 Å². The van der Waals surface area contributed by atoms with E-state index < -0.39 is 0 Å². The zero-order valence-corrected chi connectivity index (χ0v) is 11.3. The van der Waals surface area contributed by atoms with Gasteiger partial charge in [0.15, 0.2) is 11.5 Å². The standard InChI is InChI=1S/C15H21NO3/c1-16-14(15(10-17)5-6-15)11-3-4-12-13(9-11)19-8-2-7-18-12/h3-4,9,14,16-17H,2,5-8,10H2,1H3. The quantitative estimate of drug-likeness (QED) is 0.871. The van der Waals surface area contributed by atoms with Crippen LogP contribution in [0.2, 0.25) is 0 Å². The van der Waals surface area contributed by atoms with Crippen molar-refractivity contribution in [1.82, 2.24) is 5.32 Å². The van der Waals surface area contributed by atoms with Crippen molar-refractivity contribution in [1.29, 1.82) is 0 Å². The van der Waals surface area contributed by atoms with Crippen LogP contribution in [0.15, 0.2) is 18.2 Å². The molecular formula is C15H21NO3. The molecule has 0 saturated heterocycles. The molecule has 0 spiro atoms. The molecule has 0 aromatic heterocycles. The van der Waals surface area contributed by atoms with E-state index >= 15 is 0 Å². The molecule has 0 amide bonds. The monoisotopic (exact) mass is 263 g/mol. The maximum absolute atomic E-state index is 9.61. The first-order valence-corrected chi connectivity index (χ1v) is 6.97. The van der Waals surface area contributed by atoms with Gasteiger partial charge < -0.3 is 19.9 Å². The van der Waals surface area contributed by atoms with E-state index in [0.717, 1.165) is 30.8 Å². The maximum Gasteiger partial charge on any atom is 0.161 e. The van der Waals surface area contributed by atoms with E-state index in [2.05, 4.69) is 17.4 Å². The van der Waals surface area contributed by atoms with Gasteiger partial charge in [0, 0.05) is 17.9 Å². The fourth-order valence-electron chi connectivity index (χ4n) is 2.88. The van der Waals surface area contributed by atoms with Crippen LogP contribution in [0.4, 0.5) is 0 Å². The second-order valence-electron chi connectivity index (χ2n) is 5.50. The SMILES string of the molecule is CNC(c1ccc2c(c1)OCCCO2)C1(CO)CC1. The minimum absolute atomic E-state index is 0.00851. The van der Waals surface area contributed by atoms with E-state index in [9.17, 15) is 5.11 Å². The number of hydrogen-bond donors (Lipinski definition) is 2. The van der Waals surface area contributed by atoms with Crippen molar-refractivity contribution in [2.24, 2.45) is 5.41 Å². The van der Waals surface area contributed by atoms with Gasteiger partial charge in [-0.1, -0.05) is 6.07 Å². The topological polar surface area (TPSA) is 50.7 Å². The van der Waals surface area contributed by atoms with E-state index in [1.807, 2.05) is 13.1 Å². The summed E-state index contributed by atoms with van der Waals surface area (Å²) in [6.45, 7) is 1.64. The van der Waals surface area contributed by atoms with Crippen molar-refractivity contribution < 1.29 is 14.6 Å². The molecule has 1 unspecified atom stereocenters. The predicted octanol–water partition coefficient (Wildman–Crippen LogP) is 1.88. The average Bonchev–Trinajstić information content (AvgIpc) is 3.23. The van der Waals surface area contributed by atoms with Gasteiger partial charge in [0.25, 0.3) is 0 Å². The Hall–Kier alpha value is -1.26. The molecule has 19 heavy (non-hydrogen) atoms. The third kappa shape index (κ3) is 2.30. The molecule has 0 radical (unpaired) electrons. The van der Waals surface area contributed by atoms with Gasteiger partial charge in [-0.25, -0.2) is 0 Å². The number of fused-ring (bicyclic) bond motifs is 1. The van der Waals surface area contributed by atoms with E-state index in [1.165, 1.54) is 5.56 Å². The molecule has 2 N–H and O–H groups in total. The van der Waals surface area contributed by atoms with Crippen LogP contribution < -0.4 is 14.8 Å². The Bertz CT molecular complexity index is 457. The molecule has 1 aromatic carbocycles. The molecule has 4 heteroatoms. The number of aliphatic hydroxyl groups is 1. The van der Waals surface area contributed by atoms with Crippen LogP contribution >= 0.6 is 0 Å². The van der Waals surface area contributed by atoms with Gasteiger partial charge in [0.2, 0.25) is 0 Å². The summed E-state index contributed by atoms with van der Waals surface area (Å²) in [5, 5.41) is 12.9. The van der Waals surface area contributed by atoms with Gasteiger partial charge in [-0.15, -0.1) is 0 Å². The third-order valence-electron chi connectivity index (χ3n) is 4.21. The molecule has 1 aliphatic heterocycles. The average molecular weight is 263 g/mol. The van der Waals surface area contributed by atoms with Gasteiger partial charge in [0.05, 0.1) is 19.8 Å². The Balaban J connectivity index is 1.90. The summed E-state index contributed by atoms with van der Waals surface area (Å²) in [5.41, 5.74) is 1.17. The minimum Gasteiger partial charge on any atom is -0.490 e. The van der Waals surface area contributed by atoms with Crippen LogP contribution in [-0.4, -0.2) is 32.0 Å². The third-order valence-corrected chi connectivity index (χ3v) is 4.21. The van der Waals surface area contributed by atoms with Crippen LogP contribution in [0, 0.1) is 5.41 Å². The Morgan fingerprint density at radius 2 is 2.00 bits per heavy atom. The fraction of sp³-hybridized carbons (Fsp3) is 0.600. The van der Waals surface area contributed by atoms with Crippen LogP contribution in [0.3, 0.4) is 0 Å². The van der Waals surface area contributed by atoms with Crippen LogP contribution in [0.25, 0.3) is 0 Å². The number of benzene rings is 1. The number of aliphatic hydroxyl groups excluding tert-OH is 1. The van der Waals surface area contributed by atoms with Gasteiger partial charge >= 0.3 is 0 Å². The number of hydrogen-bond acceptors (Lipinski definition) is 4. The number of rotatable bonds is 4. The van der Waals surface area contributed by atoms with Crippen molar-refractivity contribution in [3.05, 3.63) is 23.8 Å². The normalized spacial score (nSPS) is 21.6. The Labute approximate surface area is 113 Å². The summed E-state index contributed by atoms with van der Waals surface area (Å²) in [6, 6.07) is 6.28. The van der Waals surface area contributed by atoms with Crippen LogP contribution in [0.1, 0.15) is 30.9 Å². The highest BCUT2D eigenvalue weighted by Gasteiger charge is 2.49. The smallest absolute Gasteiger partial charge is 0.161 e. The first-order chi connectivity index (χ1) is 9.29. The van der Waals surface area contributed by atoms with Gasteiger partial charge in [-0.05, 0) is 37.6 Å². The highest BCUT2D eigenvalue weighted by Crippen LogP contribution is 2.54. The summed E-state index contributed by atoms with van der Waals surface area (Å²) in [4.78, 5) is 0. The molecule has 1 heterocycles. The Morgan fingerprint density at radius 3 is 2.63 bits per heavy atom. The number of ether oxygens (including phenoxy) is 2. The molecular weight excluding hydrogens is 242 g/mol. The maximum atomic E-state index is 9.61. The lowest BCUT2D eigenvalue weighted by Crippen LogP contribution is -2.29. The zero-order chi connectivity index (χ0) is 13.3. The van der Waals surface area contributed by atoms with Crippen molar-refractivity contribution in [3.63, 3.8) is 0 Å². The first-order valence-electron chi connectivity index (χ1n) is 6.97.